The summed E-state index contributed by atoms with van der Waals surface area (Å²) in [5, 5.41) is 5.20. The number of methoxy groups -OCH3 is 1. The van der Waals surface area contributed by atoms with Crippen LogP contribution in [0.3, 0.4) is 0 Å². The molecule has 1 N–H and O–H groups in total. The van der Waals surface area contributed by atoms with Gasteiger partial charge in [-0.25, -0.2) is 4.39 Å². The molecule has 0 saturated heterocycles. The molecule has 2 aromatic heterocycles. The Labute approximate surface area is 133 Å². The van der Waals surface area contributed by atoms with Gasteiger partial charge in [-0.15, -0.1) is 11.3 Å². The second-order valence-corrected chi connectivity index (χ2v) is 6.25. The third-order valence-corrected chi connectivity index (χ3v) is 4.38. The average molecular weight is 370 g/mol. The second kappa shape index (κ2) is 6.13. The predicted octanol–water partition coefficient (Wildman–Crippen LogP) is 3.60. The van der Waals surface area contributed by atoms with Gasteiger partial charge >= 0.3 is 0 Å². The van der Waals surface area contributed by atoms with Crippen LogP contribution in [0, 0.1) is 5.82 Å². The molecule has 0 aliphatic heterocycles. The molecule has 0 amide bonds. The number of benzene rings is 1. The fourth-order valence-corrected chi connectivity index (χ4v) is 3.26. The van der Waals surface area contributed by atoms with Gasteiger partial charge in [0.25, 0.3) is 0 Å². The predicted molar refractivity (Wildman–Crippen MR) is 84.3 cm³/mol. The first-order chi connectivity index (χ1) is 10.2. The summed E-state index contributed by atoms with van der Waals surface area (Å²) < 4.78 is 21.8. The van der Waals surface area contributed by atoms with Crippen LogP contribution in [0.25, 0.3) is 4.96 Å². The van der Waals surface area contributed by atoms with Crippen molar-refractivity contribution < 1.29 is 9.13 Å². The van der Waals surface area contributed by atoms with Gasteiger partial charge in [-0.05, 0) is 18.2 Å². The Morgan fingerprint density at radius 3 is 3.10 bits per heavy atom. The molecule has 2 heterocycles. The highest BCUT2D eigenvalue weighted by atomic mass is 79.9. The van der Waals surface area contributed by atoms with E-state index in [-0.39, 0.29) is 5.82 Å². The SMILES string of the molecule is COc1nc2sccn2c1CNCc1cc(Br)ccc1F. The summed E-state index contributed by atoms with van der Waals surface area (Å²) >= 11 is 4.90. The summed E-state index contributed by atoms with van der Waals surface area (Å²) in [6, 6.07) is 4.92. The van der Waals surface area contributed by atoms with Gasteiger partial charge in [0.15, 0.2) is 4.96 Å². The number of hydrogen-bond acceptors (Lipinski definition) is 4. The number of imidazole rings is 1. The van der Waals surface area contributed by atoms with Crippen molar-refractivity contribution in [3.8, 4) is 5.88 Å². The third-order valence-electron chi connectivity index (χ3n) is 3.13. The van der Waals surface area contributed by atoms with Gasteiger partial charge in [0, 0.05) is 34.7 Å². The third kappa shape index (κ3) is 2.95. The van der Waals surface area contributed by atoms with E-state index in [1.165, 1.54) is 6.07 Å². The molecule has 0 radical (unpaired) electrons. The van der Waals surface area contributed by atoms with Crippen LogP contribution in [-0.4, -0.2) is 16.5 Å². The van der Waals surface area contributed by atoms with Crippen molar-refractivity contribution in [1.82, 2.24) is 14.7 Å². The smallest absolute Gasteiger partial charge is 0.237 e. The fourth-order valence-electron chi connectivity index (χ4n) is 2.13. The first-order valence-electron chi connectivity index (χ1n) is 6.32. The number of aromatic nitrogens is 2. The normalized spacial score (nSPS) is 11.2. The minimum atomic E-state index is -0.216. The lowest BCUT2D eigenvalue weighted by Gasteiger charge is -2.07. The molecule has 0 atom stereocenters. The molecule has 0 spiro atoms. The summed E-state index contributed by atoms with van der Waals surface area (Å²) in [5.74, 6) is 0.385. The summed E-state index contributed by atoms with van der Waals surface area (Å²) in [6.07, 6.45) is 1.95. The summed E-state index contributed by atoms with van der Waals surface area (Å²) in [4.78, 5) is 5.27. The molecule has 0 aliphatic carbocycles. The molecular weight excluding hydrogens is 357 g/mol. The van der Waals surface area contributed by atoms with Gasteiger partial charge in [0.05, 0.1) is 7.11 Å². The van der Waals surface area contributed by atoms with E-state index >= 15 is 0 Å². The highest BCUT2D eigenvalue weighted by molar-refractivity contribution is 9.10. The van der Waals surface area contributed by atoms with Crippen molar-refractivity contribution in [2.24, 2.45) is 0 Å². The summed E-state index contributed by atoms with van der Waals surface area (Å²) in [7, 11) is 1.60. The van der Waals surface area contributed by atoms with Crippen LogP contribution < -0.4 is 10.1 Å². The number of ether oxygens (including phenoxy) is 1. The second-order valence-electron chi connectivity index (χ2n) is 4.46. The Balaban J connectivity index is 1.74. The van der Waals surface area contributed by atoms with Crippen LogP contribution in [0.4, 0.5) is 4.39 Å². The molecule has 1 aromatic carbocycles. The average Bonchev–Trinajstić information content (AvgIpc) is 3.04. The standard InChI is InChI=1S/C14H13BrFN3OS/c1-20-13-12(19-4-5-21-14(19)18-13)8-17-7-9-6-10(15)2-3-11(9)16/h2-6,17H,7-8H2,1H3. The van der Waals surface area contributed by atoms with Gasteiger partial charge in [-0.3, -0.25) is 4.40 Å². The lowest BCUT2D eigenvalue weighted by molar-refractivity contribution is 0.392. The minimum absolute atomic E-state index is 0.216. The van der Waals surface area contributed by atoms with Crippen LogP contribution in [0.2, 0.25) is 0 Å². The number of hydrogen-bond donors (Lipinski definition) is 1. The Bertz CT molecular complexity index is 771. The van der Waals surface area contributed by atoms with Gasteiger partial charge < -0.3 is 10.1 Å². The number of fused-ring (bicyclic) bond motifs is 1. The molecule has 3 rings (SSSR count). The van der Waals surface area contributed by atoms with Crippen LogP contribution in [0.1, 0.15) is 11.3 Å². The van der Waals surface area contributed by atoms with Gasteiger partial charge in [0.1, 0.15) is 11.5 Å². The maximum Gasteiger partial charge on any atom is 0.237 e. The lowest BCUT2D eigenvalue weighted by Crippen LogP contribution is -2.15. The molecule has 0 saturated carbocycles. The number of nitrogens with one attached hydrogen (secondary N) is 1. The molecular formula is C14H13BrFN3OS. The van der Waals surface area contributed by atoms with Crippen molar-refractivity contribution in [3.05, 3.63) is 51.3 Å². The monoisotopic (exact) mass is 369 g/mol. The van der Waals surface area contributed by atoms with E-state index in [1.807, 2.05) is 16.0 Å². The number of halogens is 2. The van der Waals surface area contributed by atoms with Crippen LogP contribution in [0.15, 0.2) is 34.2 Å². The van der Waals surface area contributed by atoms with Gasteiger partial charge in [-0.2, -0.15) is 4.98 Å². The fraction of sp³-hybridized carbons (Fsp3) is 0.214. The molecule has 21 heavy (non-hydrogen) atoms. The Morgan fingerprint density at radius 1 is 1.43 bits per heavy atom. The number of nitrogens with zero attached hydrogens (tertiary/aromatic N) is 2. The van der Waals surface area contributed by atoms with Crippen molar-refractivity contribution in [2.45, 2.75) is 13.1 Å². The van der Waals surface area contributed by atoms with Crippen LogP contribution in [-0.2, 0) is 13.1 Å². The highest BCUT2D eigenvalue weighted by Gasteiger charge is 2.13. The van der Waals surface area contributed by atoms with E-state index in [0.29, 0.717) is 24.5 Å². The topological polar surface area (TPSA) is 38.6 Å². The Kier molecular flexibility index (Phi) is 4.23. The van der Waals surface area contributed by atoms with Crippen LogP contribution >= 0.6 is 27.3 Å². The van der Waals surface area contributed by atoms with E-state index in [0.717, 1.165) is 15.1 Å². The maximum absolute atomic E-state index is 13.7. The maximum atomic E-state index is 13.7. The zero-order chi connectivity index (χ0) is 14.8. The largest absolute Gasteiger partial charge is 0.480 e. The van der Waals surface area contributed by atoms with Gasteiger partial charge in [0.2, 0.25) is 5.88 Å². The zero-order valence-corrected chi connectivity index (χ0v) is 13.7. The summed E-state index contributed by atoms with van der Waals surface area (Å²) in [5.41, 5.74) is 1.55. The molecule has 0 unspecified atom stereocenters. The zero-order valence-electron chi connectivity index (χ0n) is 11.3. The molecule has 4 nitrogen and oxygen atoms in total. The Hall–Kier alpha value is -1.44. The number of thiazole rings is 1. The van der Waals surface area contributed by atoms with Gasteiger partial charge in [-0.1, -0.05) is 15.9 Å². The van der Waals surface area contributed by atoms with E-state index in [9.17, 15) is 4.39 Å². The Morgan fingerprint density at radius 2 is 2.29 bits per heavy atom. The quantitative estimate of drug-likeness (QED) is 0.746. The van der Waals surface area contributed by atoms with E-state index in [4.69, 9.17) is 4.74 Å². The summed E-state index contributed by atoms with van der Waals surface area (Å²) in [6.45, 7) is 0.985. The van der Waals surface area contributed by atoms with Crippen molar-refractivity contribution in [3.63, 3.8) is 0 Å². The van der Waals surface area contributed by atoms with E-state index in [1.54, 1.807) is 30.6 Å². The lowest BCUT2D eigenvalue weighted by atomic mass is 10.2. The van der Waals surface area contributed by atoms with E-state index in [2.05, 4.69) is 26.2 Å². The van der Waals surface area contributed by atoms with Crippen molar-refractivity contribution in [2.75, 3.05) is 7.11 Å². The number of rotatable bonds is 5. The minimum Gasteiger partial charge on any atom is -0.480 e. The molecule has 0 aliphatic rings. The molecule has 0 bridgehead atoms. The first-order valence-corrected chi connectivity index (χ1v) is 7.99. The van der Waals surface area contributed by atoms with Crippen molar-refractivity contribution in [1.29, 1.82) is 0 Å². The van der Waals surface area contributed by atoms with E-state index < -0.39 is 0 Å². The highest BCUT2D eigenvalue weighted by Crippen LogP contribution is 2.23. The van der Waals surface area contributed by atoms with Crippen LogP contribution in [0.5, 0.6) is 5.88 Å². The molecule has 7 heteroatoms. The van der Waals surface area contributed by atoms with Crippen molar-refractivity contribution >= 4 is 32.2 Å². The molecule has 3 aromatic rings. The molecule has 0 fully saturated rings. The first kappa shape index (κ1) is 14.5. The molecule has 110 valence electrons.